The van der Waals surface area contributed by atoms with E-state index in [0.717, 1.165) is 25.9 Å². The summed E-state index contributed by atoms with van der Waals surface area (Å²) in [6, 6.07) is 7.92. The van der Waals surface area contributed by atoms with Gasteiger partial charge in [-0.25, -0.2) is 4.39 Å². The molecule has 0 bridgehead atoms. The zero-order chi connectivity index (χ0) is 14.5. The Morgan fingerprint density at radius 3 is 2.30 bits per heavy atom. The van der Waals surface area contributed by atoms with Crippen molar-refractivity contribution in [3.63, 3.8) is 0 Å². The Kier molecular flexibility index (Phi) is 5.55. The van der Waals surface area contributed by atoms with E-state index in [4.69, 9.17) is 5.73 Å². The molecule has 1 aliphatic carbocycles. The van der Waals surface area contributed by atoms with E-state index in [2.05, 4.69) is 18.7 Å². The first-order chi connectivity index (χ1) is 9.54. The second-order valence-electron chi connectivity index (χ2n) is 6.52. The summed E-state index contributed by atoms with van der Waals surface area (Å²) in [5.74, 6) is 0.485. The van der Waals surface area contributed by atoms with E-state index < -0.39 is 0 Å². The van der Waals surface area contributed by atoms with Gasteiger partial charge in [-0.1, -0.05) is 26.0 Å². The van der Waals surface area contributed by atoms with Crippen molar-refractivity contribution in [2.24, 2.45) is 11.7 Å². The molecule has 0 atom stereocenters. The minimum Gasteiger partial charge on any atom is -0.328 e. The van der Waals surface area contributed by atoms with Crippen LogP contribution >= 0.6 is 0 Å². The number of nitrogens with two attached hydrogens (primary N) is 1. The SMILES string of the molecule is CC(C)CN(Cc1ccc(F)cc1)C1CCC(N)CC1. The van der Waals surface area contributed by atoms with Gasteiger partial charge in [-0.3, -0.25) is 4.90 Å². The van der Waals surface area contributed by atoms with Gasteiger partial charge in [0.25, 0.3) is 0 Å². The third-order valence-corrected chi connectivity index (χ3v) is 4.16. The smallest absolute Gasteiger partial charge is 0.123 e. The molecule has 0 radical (unpaired) electrons. The van der Waals surface area contributed by atoms with Crippen LogP contribution in [0.2, 0.25) is 0 Å². The van der Waals surface area contributed by atoms with Gasteiger partial charge < -0.3 is 5.73 Å². The van der Waals surface area contributed by atoms with E-state index in [0.29, 0.717) is 18.0 Å². The lowest BCUT2D eigenvalue weighted by molar-refractivity contribution is 0.127. The van der Waals surface area contributed by atoms with Gasteiger partial charge in [0, 0.05) is 25.2 Å². The Balaban J connectivity index is 2.01. The van der Waals surface area contributed by atoms with E-state index in [-0.39, 0.29) is 5.82 Å². The Bertz CT molecular complexity index is 394. The van der Waals surface area contributed by atoms with Crippen molar-refractivity contribution in [1.82, 2.24) is 4.90 Å². The molecule has 1 saturated carbocycles. The van der Waals surface area contributed by atoms with Crippen LogP contribution < -0.4 is 5.73 Å². The van der Waals surface area contributed by atoms with Gasteiger partial charge in [-0.15, -0.1) is 0 Å². The number of halogens is 1. The Hall–Kier alpha value is -0.930. The molecular weight excluding hydrogens is 251 g/mol. The molecular formula is C17H27FN2. The lowest BCUT2D eigenvalue weighted by atomic mass is 9.90. The monoisotopic (exact) mass is 278 g/mol. The highest BCUT2D eigenvalue weighted by molar-refractivity contribution is 5.16. The Morgan fingerprint density at radius 2 is 1.75 bits per heavy atom. The van der Waals surface area contributed by atoms with Crippen molar-refractivity contribution >= 4 is 0 Å². The fourth-order valence-electron chi connectivity index (χ4n) is 3.10. The highest BCUT2D eigenvalue weighted by Gasteiger charge is 2.24. The first kappa shape index (κ1) is 15.5. The molecule has 0 saturated heterocycles. The predicted molar refractivity (Wildman–Crippen MR) is 81.9 cm³/mol. The standard InChI is InChI=1S/C17H27FN2/c1-13(2)11-20(17-9-7-16(19)8-10-17)12-14-3-5-15(18)6-4-14/h3-6,13,16-17H,7-12,19H2,1-2H3. The van der Waals surface area contributed by atoms with Crippen LogP contribution in [0.1, 0.15) is 45.1 Å². The van der Waals surface area contributed by atoms with Gasteiger partial charge in [0.15, 0.2) is 0 Å². The van der Waals surface area contributed by atoms with Crippen LogP contribution in [-0.4, -0.2) is 23.5 Å². The van der Waals surface area contributed by atoms with Crippen molar-refractivity contribution < 1.29 is 4.39 Å². The fraction of sp³-hybridized carbons (Fsp3) is 0.647. The van der Waals surface area contributed by atoms with Crippen molar-refractivity contribution in [2.45, 2.75) is 58.2 Å². The third kappa shape index (κ3) is 4.57. The minimum absolute atomic E-state index is 0.159. The maximum atomic E-state index is 13.0. The minimum atomic E-state index is -0.159. The zero-order valence-corrected chi connectivity index (χ0v) is 12.7. The fourth-order valence-corrected chi connectivity index (χ4v) is 3.10. The van der Waals surface area contributed by atoms with Crippen molar-refractivity contribution in [3.05, 3.63) is 35.6 Å². The molecule has 20 heavy (non-hydrogen) atoms. The molecule has 2 nitrogen and oxygen atoms in total. The summed E-state index contributed by atoms with van der Waals surface area (Å²) in [5.41, 5.74) is 7.20. The van der Waals surface area contributed by atoms with E-state index in [1.807, 2.05) is 12.1 Å². The quantitative estimate of drug-likeness (QED) is 0.892. The first-order valence-electron chi connectivity index (χ1n) is 7.78. The predicted octanol–water partition coefficient (Wildman–Crippen LogP) is 3.55. The van der Waals surface area contributed by atoms with Crippen LogP contribution in [0, 0.1) is 11.7 Å². The van der Waals surface area contributed by atoms with Crippen LogP contribution in [0.15, 0.2) is 24.3 Å². The number of hydrogen-bond donors (Lipinski definition) is 1. The Labute approximate surface area is 122 Å². The number of nitrogens with zero attached hydrogens (tertiary/aromatic N) is 1. The average molecular weight is 278 g/mol. The summed E-state index contributed by atoms with van der Waals surface area (Å²) in [4.78, 5) is 2.56. The van der Waals surface area contributed by atoms with Crippen LogP contribution in [0.5, 0.6) is 0 Å². The van der Waals surface area contributed by atoms with E-state index in [9.17, 15) is 4.39 Å². The molecule has 0 aromatic heterocycles. The van der Waals surface area contributed by atoms with Crippen LogP contribution in [-0.2, 0) is 6.54 Å². The molecule has 0 aliphatic heterocycles. The second-order valence-corrected chi connectivity index (χ2v) is 6.52. The molecule has 1 fully saturated rings. The highest BCUT2D eigenvalue weighted by atomic mass is 19.1. The van der Waals surface area contributed by atoms with E-state index in [1.165, 1.54) is 18.4 Å². The van der Waals surface area contributed by atoms with Gasteiger partial charge in [-0.05, 0) is 49.3 Å². The normalized spacial score (nSPS) is 23.5. The molecule has 0 unspecified atom stereocenters. The van der Waals surface area contributed by atoms with Crippen LogP contribution in [0.3, 0.4) is 0 Å². The molecule has 1 aliphatic rings. The van der Waals surface area contributed by atoms with Gasteiger partial charge in [0.1, 0.15) is 5.82 Å². The summed E-state index contributed by atoms with van der Waals surface area (Å²) in [7, 11) is 0. The molecule has 2 N–H and O–H groups in total. The maximum Gasteiger partial charge on any atom is 0.123 e. The average Bonchev–Trinajstić information content (AvgIpc) is 2.41. The topological polar surface area (TPSA) is 29.3 Å². The molecule has 0 spiro atoms. The van der Waals surface area contributed by atoms with Gasteiger partial charge in [0.2, 0.25) is 0 Å². The number of benzene rings is 1. The molecule has 2 rings (SSSR count). The summed E-state index contributed by atoms with van der Waals surface area (Å²) in [5, 5.41) is 0. The highest BCUT2D eigenvalue weighted by Crippen LogP contribution is 2.24. The molecule has 0 amide bonds. The first-order valence-corrected chi connectivity index (χ1v) is 7.78. The van der Waals surface area contributed by atoms with Crippen molar-refractivity contribution in [2.75, 3.05) is 6.54 Å². The maximum absolute atomic E-state index is 13.0. The lowest BCUT2D eigenvalue weighted by Crippen LogP contribution is -2.42. The Morgan fingerprint density at radius 1 is 1.15 bits per heavy atom. The van der Waals surface area contributed by atoms with Gasteiger partial charge in [-0.2, -0.15) is 0 Å². The van der Waals surface area contributed by atoms with Crippen LogP contribution in [0.25, 0.3) is 0 Å². The van der Waals surface area contributed by atoms with Crippen molar-refractivity contribution in [3.8, 4) is 0 Å². The number of rotatable bonds is 5. The largest absolute Gasteiger partial charge is 0.328 e. The molecule has 3 heteroatoms. The summed E-state index contributed by atoms with van der Waals surface area (Å²) >= 11 is 0. The van der Waals surface area contributed by atoms with Crippen LogP contribution in [0.4, 0.5) is 4.39 Å². The lowest BCUT2D eigenvalue weighted by Gasteiger charge is -2.37. The van der Waals surface area contributed by atoms with Gasteiger partial charge in [0.05, 0.1) is 0 Å². The molecule has 112 valence electrons. The summed E-state index contributed by atoms with van der Waals surface area (Å²) in [6.07, 6.45) is 4.63. The molecule has 0 heterocycles. The van der Waals surface area contributed by atoms with E-state index >= 15 is 0 Å². The zero-order valence-electron chi connectivity index (χ0n) is 12.7. The summed E-state index contributed by atoms with van der Waals surface area (Å²) in [6.45, 7) is 6.52. The molecule has 1 aromatic carbocycles. The number of hydrogen-bond acceptors (Lipinski definition) is 2. The van der Waals surface area contributed by atoms with Crippen molar-refractivity contribution in [1.29, 1.82) is 0 Å². The molecule has 1 aromatic rings. The summed E-state index contributed by atoms with van der Waals surface area (Å²) < 4.78 is 13.0. The van der Waals surface area contributed by atoms with E-state index in [1.54, 1.807) is 12.1 Å². The second kappa shape index (κ2) is 7.19. The van der Waals surface area contributed by atoms with Gasteiger partial charge >= 0.3 is 0 Å². The third-order valence-electron chi connectivity index (χ3n) is 4.16.